The molecule has 0 N–H and O–H groups in total. The zero-order valence-corrected chi connectivity index (χ0v) is 16.5. The van der Waals surface area contributed by atoms with Crippen molar-refractivity contribution in [3.8, 4) is 17.2 Å². The van der Waals surface area contributed by atoms with Gasteiger partial charge in [0, 0.05) is 22.8 Å². The van der Waals surface area contributed by atoms with Crippen LogP contribution in [0.2, 0.25) is 0 Å². The SMILES string of the molecule is CCOc1ccc(C(C)=O)cc1COC(=O)/C=C/c1cccc(OC)c1OC. The molecular formula is C22H24O6. The number of para-hydroxylation sites is 1. The summed E-state index contributed by atoms with van der Waals surface area (Å²) in [6.07, 6.45) is 2.91. The summed E-state index contributed by atoms with van der Waals surface area (Å²) in [4.78, 5) is 23.7. The molecule has 0 atom stereocenters. The van der Waals surface area contributed by atoms with Crippen molar-refractivity contribution in [1.82, 2.24) is 0 Å². The van der Waals surface area contributed by atoms with E-state index in [1.165, 1.54) is 20.1 Å². The van der Waals surface area contributed by atoms with E-state index in [-0.39, 0.29) is 12.4 Å². The molecule has 0 spiro atoms. The van der Waals surface area contributed by atoms with Crippen molar-refractivity contribution < 1.29 is 28.5 Å². The third-order valence-corrected chi connectivity index (χ3v) is 3.97. The Bertz CT molecular complexity index is 869. The molecule has 0 aromatic heterocycles. The Morgan fingerprint density at radius 3 is 2.46 bits per heavy atom. The van der Waals surface area contributed by atoms with E-state index in [0.29, 0.717) is 40.5 Å². The highest BCUT2D eigenvalue weighted by Crippen LogP contribution is 2.31. The number of rotatable bonds is 9. The van der Waals surface area contributed by atoms with Crippen molar-refractivity contribution in [2.75, 3.05) is 20.8 Å². The number of ketones is 1. The number of Topliss-reactive ketones (excluding diaryl/α,β-unsaturated/α-hetero) is 1. The minimum absolute atomic E-state index is 0.00509. The summed E-state index contributed by atoms with van der Waals surface area (Å²) in [5.74, 6) is 1.09. The summed E-state index contributed by atoms with van der Waals surface area (Å²) < 4.78 is 21.4. The van der Waals surface area contributed by atoms with Gasteiger partial charge < -0.3 is 18.9 Å². The minimum atomic E-state index is -0.527. The van der Waals surface area contributed by atoms with Gasteiger partial charge in [0.2, 0.25) is 0 Å². The molecule has 0 amide bonds. The van der Waals surface area contributed by atoms with E-state index in [1.807, 2.05) is 6.92 Å². The number of hydrogen-bond acceptors (Lipinski definition) is 6. The maximum absolute atomic E-state index is 12.1. The molecule has 0 aliphatic rings. The number of ether oxygens (including phenoxy) is 4. The van der Waals surface area contributed by atoms with Gasteiger partial charge in [-0.05, 0) is 44.2 Å². The predicted octanol–water partition coefficient (Wildman–Crippen LogP) is 4.06. The second-order valence-electron chi connectivity index (χ2n) is 5.84. The van der Waals surface area contributed by atoms with Crippen LogP contribution in [0.1, 0.15) is 35.3 Å². The van der Waals surface area contributed by atoms with E-state index in [0.717, 1.165) is 0 Å². The topological polar surface area (TPSA) is 71.1 Å². The standard InChI is InChI=1S/C22H24O6/c1-5-27-19-11-9-17(15(2)23)13-18(19)14-28-21(24)12-10-16-7-6-8-20(25-3)22(16)26-4/h6-13H,5,14H2,1-4H3/b12-10+. The van der Waals surface area contributed by atoms with Crippen molar-refractivity contribution in [3.05, 3.63) is 59.2 Å². The minimum Gasteiger partial charge on any atom is -0.493 e. The first kappa shape index (κ1) is 21.0. The van der Waals surface area contributed by atoms with Crippen molar-refractivity contribution >= 4 is 17.8 Å². The van der Waals surface area contributed by atoms with Crippen LogP contribution in [-0.2, 0) is 16.1 Å². The Balaban J connectivity index is 2.11. The van der Waals surface area contributed by atoms with Gasteiger partial charge in [-0.1, -0.05) is 12.1 Å². The number of carbonyl (C=O) groups excluding carboxylic acids is 2. The second-order valence-corrected chi connectivity index (χ2v) is 5.84. The summed E-state index contributed by atoms with van der Waals surface area (Å²) >= 11 is 0. The summed E-state index contributed by atoms with van der Waals surface area (Å²) in [5.41, 5.74) is 1.86. The molecule has 0 radical (unpaired) electrons. The van der Waals surface area contributed by atoms with Crippen LogP contribution < -0.4 is 14.2 Å². The Hall–Kier alpha value is -3.28. The lowest BCUT2D eigenvalue weighted by atomic mass is 10.1. The summed E-state index contributed by atoms with van der Waals surface area (Å²) in [6, 6.07) is 10.4. The van der Waals surface area contributed by atoms with E-state index < -0.39 is 5.97 Å². The number of benzene rings is 2. The quantitative estimate of drug-likeness (QED) is 0.369. The molecule has 0 bridgehead atoms. The molecule has 0 aliphatic heterocycles. The summed E-state index contributed by atoms with van der Waals surface area (Å²) in [6.45, 7) is 3.80. The molecule has 0 fully saturated rings. The number of esters is 1. The van der Waals surface area contributed by atoms with E-state index in [1.54, 1.807) is 49.6 Å². The third-order valence-electron chi connectivity index (χ3n) is 3.97. The van der Waals surface area contributed by atoms with E-state index in [4.69, 9.17) is 18.9 Å². The Morgan fingerprint density at radius 2 is 1.82 bits per heavy atom. The molecule has 2 aromatic rings. The molecular weight excluding hydrogens is 360 g/mol. The van der Waals surface area contributed by atoms with Crippen LogP contribution in [0.4, 0.5) is 0 Å². The number of hydrogen-bond donors (Lipinski definition) is 0. The smallest absolute Gasteiger partial charge is 0.331 e. The molecule has 28 heavy (non-hydrogen) atoms. The van der Waals surface area contributed by atoms with Crippen LogP contribution in [-0.4, -0.2) is 32.6 Å². The van der Waals surface area contributed by atoms with Gasteiger partial charge in [0.25, 0.3) is 0 Å². The predicted molar refractivity (Wildman–Crippen MR) is 106 cm³/mol. The van der Waals surface area contributed by atoms with Gasteiger partial charge in [-0.15, -0.1) is 0 Å². The van der Waals surface area contributed by atoms with Crippen LogP contribution in [0.5, 0.6) is 17.2 Å². The second kappa shape index (κ2) is 10.2. The Labute approximate surface area is 164 Å². The molecule has 0 heterocycles. The first-order valence-electron chi connectivity index (χ1n) is 8.82. The number of methoxy groups -OCH3 is 2. The monoisotopic (exact) mass is 384 g/mol. The maximum Gasteiger partial charge on any atom is 0.331 e. The van der Waals surface area contributed by atoms with E-state index >= 15 is 0 Å². The molecule has 0 unspecified atom stereocenters. The van der Waals surface area contributed by atoms with Crippen LogP contribution in [0.3, 0.4) is 0 Å². The van der Waals surface area contributed by atoms with Gasteiger partial charge in [-0.2, -0.15) is 0 Å². The maximum atomic E-state index is 12.1. The highest BCUT2D eigenvalue weighted by molar-refractivity contribution is 5.94. The van der Waals surface area contributed by atoms with Gasteiger partial charge in [0.05, 0.1) is 20.8 Å². The molecule has 148 valence electrons. The fourth-order valence-corrected chi connectivity index (χ4v) is 2.61. The van der Waals surface area contributed by atoms with Gasteiger partial charge in [-0.3, -0.25) is 4.79 Å². The molecule has 0 aliphatic carbocycles. The van der Waals surface area contributed by atoms with Crippen LogP contribution in [0, 0.1) is 0 Å². The largest absolute Gasteiger partial charge is 0.493 e. The van der Waals surface area contributed by atoms with E-state index in [9.17, 15) is 9.59 Å². The van der Waals surface area contributed by atoms with Crippen molar-refractivity contribution in [1.29, 1.82) is 0 Å². The normalized spacial score (nSPS) is 10.6. The fraction of sp³-hybridized carbons (Fsp3) is 0.273. The van der Waals surface area contributed by atoms with Gasteiger partial charge in [0.1, 0.15) is 12.4 Å². The highest BCUT2D eigenvalue weighted by Gasteiger charge is 2.11. The van der Waals surface area contributed by atoms with Crippen LogP contribution in [0.25, 0.3) is 6.08 Å². The zero-order valence-electron chi connectivity index (χ0n) is 16.5. The zero-order chi connectivity index (χ0) is 20.5. The number of carbonyl (C=O) groups is 2. The molecule has 0 saturated carbocycles. The summed E-state index contributed by atoms with van der Waals surface area (Å²) in [5, 5.41) is 0. The molecule has 0 saturated heterocycles. The first-order valence-corrected chi connectivity index (χ1v) is 8.82. The third kappa shape index (κ3) is 5.36. The average molecular weight is 384 g/mol. The van der Waals surface area contributed by atoms with Crippen LogP contribution in [0.15, 0.2) is 42.5 Å². The van der Waals surface area contributed by atoms with E-state index in [2.05, 4.69) is 0 Å². The highest BCUT2D eigenvalue weighted by atomic mass is 16.5. The molecule has 2 aromatic carbocycles. The molecule has 6 heteroatoms. The summed E-state index contributed by atoms with van der Waals surface area (Å²) in [7, 11) is 3.08. The van der Waals surface area contributed by atoms with Crippen LogP contribution >= 0.6 is 0 Å². The average Bonchev–Trinajstić information content (AvgIpc) is 2.70. The Morgan fingerprint density at radius 1 is 1.04 bits per heavy atom. The van der Waals surface area contributed by atoms with Crippen molar-refractivity contribution in [3.63, 3.8) is 0 Å². The van der Waals surface area contributed by atoms with Crippen molar-refractivity contribution in [2.45, 2.75) is 20.5 Å². The molecule has 6 nitrogen and oxygen atoms in total. The first-order chi connectivity index (χ1) is 13.5. The van der Waals surface area contributed by atoms with Gasteiger partial charge in [-0.25, -0.2) is 4.79 Å². The Kier molecular flexibility index (Phi) is 7.63. The van der Waals surface area contributed by atoms with Gasteiger partial charge in [0.15, 0.2) is 17.3 Å². The van der Waals surface area contributed by atoms with Crippen molar-refractivity contribution in [2.24, 2.45) is 0 Å². The fourth-order valence-electron chi connectivity index (χ4n) is 2.61. The van der Waals surface area contributed by atoms with Gasteiger partial charge >= 0.3 is 5.97 Å². The lowest BCUT2D eigenvalue weighted by Gasteiger charge is -2.11. The lowest BCUT2D eigenvalue weighted by molar-refractivity contribution is -0.138. The lowest BCUT2D eigenvalue weighted by Crippen LogP contribution is -2.05. The molecule has 2 rings (SSSR count).